The second kappa shape index (κ2) is 4.26. The van der Waals surface area contributed by atoms with E-state index in [1.165, 1.54) is 35.1 Å². The summed E-state index contributed by atoms with van der Waals surface area (Å²) in [5.74, 6) is 0.309. The largest absolute Gasteiger partial charge is 0.454 e. The van der Waals surface area contributed by atoms with Crippen molar-refractivity contribution in [2.75, 3.05) is 0 Å². The van der Waals surface area contributed by atoms with Crippen LogP contribution in [-0.4, -0.2) is 19.9 Å². The van der Waals surface area contributed by atoms with E-state index in [-0.39, 0.29) is 22.1 Å². The lowest BCUT2D eigenvalue weighted by atomic mass is 10.2. The van der Waals surface area contributed by atoms with E-state index in [0.29, 0.717) is 11.5 Å². The molecular formula is C12H8N4O4. The Balaban J connectivity index is 2.26. The lowest BCUT2D eigenvalue weighted by Gasteiger charge is -2.02. The molecule has 0 unspecified atom stereocenters. The number of benzene rings is 1. The molecule has 2 aromatic heterocycles. The van der Waals surface area contributed by atoms with Gasteiger partial charge in [-0.2, -0.15) is 0 Å². The molecule has 0 N–H and O–H groups in total. The molecule has 0 saturated carbocycles. The van der Waals surface area contributed by atoms with Crippen LogP contribution in [-0.2, 0) is 7.05 Å². The second-order valence-corrected chi connectivity index (χ2v) is 4.16. The average Bonchev–Trinajstić information content (AvgIpc) is 2.84. The van der Waals surface area contributed by atoms with Crippen molar-refractivity contribution in [3.63, 3.8) is 0 Å². The van der Waals surface area contributed by atoms with Gasteiger partial charge in [-0.15, -0.1) is 5.10 Å². The summed E-state index contributed by atoms with van der Waals surface area (Å²) < 4.78 is 7.05. The van der Waals surface area contributed by atoms with Crippen molar-refractivity contribution in [1.82, 2.24) is 15.0 Å². The van der Waals surface area contributed by atoms with Gasteiger partial charge >= 0.3 is 0 Å². The van der Waals surface area contributed by atoms with Crippen LogP contribution in [0, 0.1) is 10.1 Å². The molecule has 0 fully saturated rings. The number of non-ortho nitro benzene ring substituents is 1. The number of aryl methyl sites for hydroxylation is 1. The van der Waals surface area contributed by atoms with Crippen molar-refractivity contribution in [2.45, 2.75) is 0 Å². The minimum Gasteiger partial charge on any atom is -0.454 e. The summed E-state index contributed by atoms with van der Waals surface area (Å²) in [6.45, 7) is 0. The zero-order valence-electron chi connectivity index (χ0n) is 10.3. The molecule has 100 valence electrons. The summed E-state index contributed by atoms with van der Waals surface area (Å²) in [5, 5.41) is 18.3. The Morgan fingerprint density at radius 1 is 1.35 bits per heavy atom. The van der Waals surface area contributed by atoms with Crippen LogP contribution in [0.15, 0.2) is 39.7 Å². The minimum atomic E-state index is -0.558. The maximum absolute atomic E-state index is 12.0. The number of hydrogen-bond donors (Lipinski definition) is 0. The van der Waals surface area contributed by atoms with Crippen LogP contribution in [0.25, 0.3) is 22.4 Å². The van der Waals surface area contributed by atoms with E-state index >= 15 is 0 Å². The minimum absolute atomic E-state index is 0.153. The van der Waals surface area contributed by atoms with E-state index < -0.39 is 4.92 Å². The fourth-order valence-electron chi connectivity index (χ4n) is 1.90. The third-order valence-electron chi connectivity index (χ3n) is 2.89. The van der Waals surface area contributed by atoms with Gasteiger partial charge < -0.3 is 4.42 Å². The Kier molecular flexibility index (Phi) is 2.56. The zero-order chi connectivity index (χ0) is 14.3. The summed E-state index contributed by atoms with van der Waals surface area (Å²) in [6, 6.07) is 5.16. The number of nitro groups is 1. The van der Waals surface area contributed by atoms with Gasteiger partial charge in [0.1, 0.15) is 11.3 Å². The molecule has 3 rings (SSSR count). The third kappa shape index (κ3) is 1.83. The van der Waals surface area contributed by atoms with Crippen LogP contribution in [0.5, 0.6) is 0 Å². The Morgan fingerprint density at radius 2 is 2.15 bits per heavy atom. The van der Waals surface area contributed by atoms with Crippen molar-refractivity contribution in [2.24, 2.45) is 7.05 Å². The molecule has 20 heavy (non-hydrogen) atoms. The lowest BCUT2D eigenvalue weighted by Crippen LogP contribution is -2.03. The van der Waals surface area contributed by atoms with Gasteiger partial charge in [0.15, 0.2) is 11.2 Å². The molecule has 3 aromatic rings. The lowest BCUT2D eigenvalue weighted by molar-refractivity contribution is -0.384. The monoisotopic (exact) mass is 272 g/mol. The first-order valence-electron chi connectivity index (χ1n) is 5.63. The summed E-state index contributed by atoms with van der Waals surface area (Å²) in [6.07, 6.45) is 1.47. The highest BCUT2D eigenvalue weighted by Gasteiger charge is 2.13. The normalized spacial score (nSPS) is 10.8. The topological polar surface area (TPSA) is 104 Å². The van der Waals surface area contributed by atoms with E-state index in [1.54, 1.807) is 7.05 Å². The van der Waals surface area contributed by atoms with E-state index in [0.717, 1.165) is 0 Å². The number of nitro benzene ring substituents is 1. The maximum atomic E-state index is 12.0. The molecule has 0 saturated heterocycles. The highest BCUT2D eigenvalue weighted by Crippen LogP contribution is 2.23. The highest BCUT2D eigenvalue weighted by atomic mass is 16.6. The van der Waals surface area contributed by atoms with Crippen molar-refractivity contribution >= 4 is 16.7 Å². The number of aromatic nitrogens is 3. The zero-order valence-corrected chi connectivity index (χ0v) is 10.3. The molecule has 0 bridgehead atoms. The molecule has 0 radical (unpaired) electrons. The van der Waals surface area contributed by atoms with E-state index in [1.807, 2.05) is 0 Å². The van der Waals surface area contributed by atoms with Crippen molar-refractivity contribution in [3.05, 3.63) is 50.8 Å². The van der Waals surface area contributed by atoms with E-state index in [9.17, 15) is 14.9 Å². The molecule has 1 aromatic carbocycles. The average molecular weight is 272 g/mol. The quantitative estimate of drug-likeness (QED) is 0.517. The Morgan fingerprint density at radius 3 is 2.80 bits per heavy atom. The number of hydrogen-bond acceptors (Lipinski definition) is 6. The summed E-state index contributed by atoms with van der Waals surface area (Å²) in [4.78, 5) is 22.2. The number of fused-ring (bicyclic) bond motifs is 1. The van der Waals surface area contributed by atoms with Crippen molar-refractivity contribution < 1.29 is 9.34 Å². The summed E-state index contributed by atoms with van der Waals surface area (Å²) >= 11 is 0. The van der Waals surface area contributed by atoms with Crippen molar-refractivity contribution in [1.29, 1.82) is 0 Å². The fourth-order valence-corrected chi connectivity index (χ4v) is 1.90. The summed E-state index contributed by atoms with van der Waals surface area (Å²) in [5.41, 5.74) is 0.313. The maximum Gasteiger partial charge on any atom is 0.270 e. The molecule has 0 atom stereocenters. The molecule has 0 aliphatic rings. The van der Waals surface area contributed by atoms with E-state index in [4.69, 9.17) is 4.42 Å². The Hall–Kier alpha value is -3.03. The van der Waals surface area contributed by atoms with Crippen LogP contribution in [0.4, 0.5) is 5.69 Å². The molecular weight excluding hydrogens is 264 g/mol. The third-order valence-corrected chi connectivity index (χ3v) is 2.89. The molecule has 8 nitrogen and oxygen atoms in total. The number of rotatable bonds is 2. The first-order chi connectivity index (χ1) is 9.56. The first kappa shape index (κ1) is 12.0. The van der Waals surface area contributed by atoms with Gasteiger partial charge in [-0.25, -0.2) is 4.68 Å². The Bertz CT molecular complexity index is 881. The fraction of sp³-hybridized carbons (Fsp3) is 0.0833. The standard InChI is InChI=1S/C12H8N4O4/c1-15-9(6-13-14-15)12-5-10(17)8-4-7(16(18)19)2-3-11(8)20-12/h2-6H,1H3. The highest BCUT2D eigenvalue weighted by molar-refractivity contribution is 5.80. The molecule has 0 amide bonds. The first-order valence-corrected chi connectivity index (χ1v) is 5.63. The van der Waals surface area contributed by atoms with Crippen molar-refractivity contribution in [3.8, 4) is 11.5 Å². The summed E-state index contributed by atoms with van der Waals surface area (Å²) in [7, 11) is 1.67. The van der Waals surface area contributed by atoms with Gasteiger partial charge in [-0.05, 0) is 6.07 Å². The molecule has 8 heteroatoms. The van der Waals surface area contributed by atoms with Crippen LogP contribution in [0.2, 0.25) is 0 Å². The van der Waals surface area contributed by atoms with Gasteiger partial charge in [-0.3, -0.25) is 14.9 Å². The molecule has 2 heterocycles. The molecule has 0 aliphatic carbocycles. The van der Waals surface area contributed by atoms with Gasteiger partial charge in [0.25, 0.3) is 5.69 Å². The predicted octanol–water partition coefficient (Wildman–Crippen LogP) is 1.50. The smallest absolute Gasteiger partial charge is 0.270 e. The van der Waals surface area contributed by atoms with Gasteiger partial charge in [0.05, 0.1) is 16.5 Å². The van der Waals surface area contributed by atoms with Gasteiger partial charge in [0.2, 0.25) is 0 Å². The van der Waals surface area contributed by atoms with Crippen LogP contribution >= 0.6 is 0 Å². The van der Waals surface area contributed by atoms with Crippen LogP contribution < -0.4 is 5.43 Å². The van der Waals surface area contributed by atoms with Gasteiger partial charge in [0, 0.05) is 25.2 Å². The predicted molar refractivity (Wildman–Crippen MR) is 69.1 cm³/mol. The SMILES string of the molecule is Cn1nncc1-c1cc(=O)c2cc([N+](=O)[O-])ccc2o1. The van der Waals surface area contributed by atoms with Gasteiger partial charge in [-0.1, -0.05) is 5.21 Å². The molecule has 0 spiro atoms. The Labute approximate surface area is 111 Å². The molecule has 0 aliphatic heterocycles. The van der Waals surface area contributed by atoms with E-state index in [2.05, 4.69) is 10.3 Å². The van der Waals surface area contributed by atoms with Crippen LogP contribution in [0.3, 0.4) is 0 Å². The van der Waals surface area contributed by atoms with Crippen LogP contribution in [0.1, 0.15) is 0 Å². The number of nitrogens with zero attached hydrogens (tertiary/aromatic N) is 4. The second-order valence-electron chi connectivity index (χ2n) is 4.16.